The Bertz CT molecular complexity index is 139. The molecule has 0 saturated carbocycles. The number of nitrogens with two attached hydrogens (primary N) is 1. The maximum absolute atomic E-state index is 10.7. The Kier molecular flexibility index (Phi) is 3.02. The maximum Gasteiger partial charge on any atom is 0.143 e. The van der Waals surface area contributed by atoms with Crippen molar-refractivity contribution in [2.45, 2.75) is 25.8 Å². The van der Waals surface area contributed by atoms with Crippen LogP contribution in [0.25, 0.3) is 0 Å². The van der Waals surface area contributed by atoms with Gasteiger partial charge in [0.1, 0.15) is 5.78 Å². The molecule has 3 heteroatoms. The predicted molar refractivity (Wildman–Crippen MR) is 44.3 cm³/mol. The van der Waals surface area contributed by atoms with Crippen LogP contribution in [0.5, 0.6) is 0 Å². The minimum atomic E-state index is 0.250. The minimum absolute atomic E-state index is 0.250. The quantitative estimate of drug-likeness (QED) is 0.612. The maximum atomic E-state index is 10.7. The topological polar surface area (TPSA) is 46.3 Å². The summed E-state index contributed by atoms with van der Waals surface area (Å²) in [4.78, 5) is 12.9. The monoisotopic (exact) mass is 156 g/mol. The lowest BCUT2D eigenvalue weighted by atomic mass is 10.1. The van der Waals surface area contributed by atoms with E-state index >= 15 is 0 Å². The van der Waals surface area contributed by atoms with E-state index in [0.29, 0.717) is 12.6 Å². The Morgan fingerprint density at radius 2 is 2.09 bits per heavy atom. The van der Waals surface area contributed by atoms with Gasteiger partial charge in [0, 0.05) is 19.1 Å². The van der Waals surface area contributed by atoms with Gasteiger partial charge in [0.15, 0.2) is 0 Å². The summed E-state index contributed by atoms with van der Waals surface area (Å²) in [5, 5.41) is 0. The number of piperidine rings is 1. The van der Waals surface area contributed by atoms with Crippen LogP contribution in [0.2, 0.25) is 0 Å². The summed E-state index contributed by atoms with van der Waals surface area (Å²) in [6, 6.07) is 0.359. The average Bonchev–Trinajstić information content (AvgIpc) is 1.93. The fourth-order valence-electron chi connectivity index (χ4n) is 1.43. The third-order valence-electron chi connectivity index (χ3n) is 2.08. The first kappa shape index (κ1) is 8.68. The SMILES string of the molecule is CC(=O)CN1CCC(N)CC1. The van der Waals surface area contributed by atoms with Crippen LogP contribution in [0, 0.1) is 0 Å². The van der Waals surface area contributed by atoms with E-state index in [-0.39, 0.29) is 5.78 Å². The summed E-state index contributed by atoms with van der Waals surface area (Å²) in [5.74, 6) is 0.250. The van der Waals surface area contributed by atoms with Crippen molar-refractivity contribution < 1.29 is 4.79 Å². The fraction of sp³-hybridized carbons (Fsp3) is 0.875. The van der Waals surface area contributed by atoms with Gasteiger partial charge in [-0.3, -0.25) is 9.69 Å². The molecule has 0 unspecified atom stereocenters. The largest absolute Gasteiger partial charge is 0.328 e. The smallest absolute Gasteiger partial charge is 0.143 e. The molecule has 0 aromatic carbocycles. The van der Waals surface area contributed by atoms with Crippen LogP contribution >= 0.6 is 0 Å². The van der Waals surface area contributed by atoms with Crippen molar-refractivity contribution in [3.05, 3.63) is 0 Å². The van der Waals surface area contributed by atoms with Crippen LogP contribution in [0.1, 0.15) is 19.8 Å². The summed E-state index contributed by atoms with van der Waals surface area (Å²) in [5.41, 5.74) is 5.72. The summed E-state index contributed by atoms with van der Waals surface area (Å²) in [7, 11) is 0. The van der Waals surface area contributed by atoms with Crippen molar-refractivity contribution in [1.29, 1.82) is 0 Å². The van der Waals surface area contributed by atoms with Gasteiger partial charge in [0.05, 0.1) is 6.54 Å². The third-order valence-corrected chi connectivity index (χ3v) is 2.08. The molecule has 3 nitrogen and oxygen atoms in total. The van der Waals surface area contributed by atoms with Crippen LogP contribution in [-0.4, -0.2) is 36.4 Å². The predicted octanol–water partition coefficient (Wildman–Crippen LogP) is -0.00150. The number of likely N-dealkylation sites (tertiary alicyclic amines) is 1. The lowest BCUT2D eigenvalue weighted by Gasteiger charge is -2.28. The third kappa shape index (κ3) is 2.99. The highest BCUT2D eigenvalue weighted by atomic mass is 16.1. The normalized spacial score (nSPS) is 22.0. The van der Waals surface area contributed by atoms with Crippen LogP contribution < -0.4 is 5.73 Å². The summed E-state index contributed by atoms with van der Waals surface area (Å²) in [6.45, 7) is 4.21. The second-order valence-electron chi connectivity index (χ2n) is 3.32. The Morgan fingerprint density at radius 1 is 1.55 bits per heavy atom. The molecule has 64 valence electrons. The molecule has 1 rings (SSSR count). The standard InChI is InChI=1S/C8H16N2O/c1-7(11)6-10-4-2-8(9)3-5-10/h8H,2-6,9H2,1H3. The molecule has 1 aliphatic rings. The van der Waals surface area contributed by atoms with Crippen LogP contribution in [0.3, 0.4) is 0 Å². The zero-order valence-corrected chi connectivity index (χ0v) is 7.05. The van der Waals surface area contributed by atoms with E-state index in [1.165, 1.54) is 0 Å². The molecule has 2 N–H and O–H groups in total. The van der Waals surface area contributed by atoms with Crippen LogP contribution in [0.15, 0.2) is 0 Å². The fourth-order valence-corrected chi connectivity index (χ4v) is 1.43. The summed E-state index contributed by atoms with van der Waals surface area (Å²) < 4.78 is 0. The molecule has 1 fully saturated rings. The van der Waals surface area contributed by atoms with Gasteiger partial charge >= 0.3 is 0 Å². The lowest BCUT2D eigenvalue weighted by Crippen LogP contribution is -2.41. The Labute approximate surface area is 67.5 Å². The molecule has 0 spiro atoms. The first-order chi connectivity index (χ1) is 5.18. The molecule has 1 aliphatic heterocycles. The second kappa shape index (κ2) is 3.83. The Hall–Kier alpha value is -0.410. The van der Waals surface area contributed by atoms with Crippen molar-refractivity contribution in [3.63, 3.8) is 0 Å². The zero-order valence-electron chi connectivity index (χ0n) is 7.05. The number of carbonyl (C=O) groups is 1. The van der Waals surface area contributed by atoms with Gasteiger partial charge in [-0.15, -0.1) is 0 Å². The number of rotatable bonds is 2. The molecule has 1 heterocycles. The molecule has 1 saturated heterocycles. The van der Waals surface area contributed by atoms with Gasteiger partial charge in [0.2, 0.25) is 0 Å². The Morgan fingerprint density at radius 3 is 2.55 bits per heavy atom. The number of carbonyl (C=O) groups excluding carboxylic acids is 1. The molecule has 0 aliphatic carbocycles. The van der Waals surface area contributed by atoms with E-state index in [9.17, 15) is 4.79 Å². The molecule has 0 bridgehead atoms. The number of ketones is 1. The lowest BCUT2D eigenvalue weighted by molar-refractivity contribution is -0.118. The number of nitrogens with zero attached hydrogens (tertiary/aromatic N) is 1. The van der Waals surface area contributed by atoms with Gasteiger partial charge in [0.25, 0.3) is 0 Å². The minimum Gasteiger partial charge on any atom is -0.328 e. The van der Waals surface area contributed by atoms with Crippen molar-refractivity contribution in [1.82, 2.24) is 4.90 Å². The second-order valence-corrected chi connectivity index (χ2v) is 3.32. The van der Waals surface area contributed by atoms with Crippen molar-refractivity contribution in [3.8, 4) is 0 Å². The average molecular weight is 156 g/mol. The summed E-state index contributed by atoms with van der Waals surface area (Å²) >= 11 is 0. The van der Waals surface area contributed by atoms with Gasteiger partial charge < -0.3 is 5.73 Å². The highest BCUT2D eigenvalue weighted by molar-refractivity contribution is 5.77. The summed E-state index contributed by atoms with van der Waals surface area (Å²) in [6.07, 6.45) is 2.07. The molecule has 0 atom stereocenters. The van der Waals surface area contributed by atoms with Gasteiger partial charge in [-0.25, -0.2) is 0 Å². The van der Waals surface area contributed by atoms with E-state index in [0.717, 1.165) is 25.9 Å². The highest BCUT2D eigenvalue weighted by Crippen LogP contribution is 2.07. The first-order valence-corrected chi connectivity index (χ1v) is 4.16. The zero-order chi connectivity index (χ0) is 8.27. The number of hydrogen-bond donors (Lipinski definition) is 1. The van der Waals surface area contributed by atoms with E-state index < -0.39 is 0 Å². The van der Waals surface area contributed by atoms with Crippen molar-refractivity contribution >= 4 is 5.78 Å². The first-order valence-electron chi connectivity index (χ1n) is 4.16. The van der Waals surface area contributed by atoms with E-state index in [2.05, 4.69) is 4.90 Å². The van der Waals surface area contributed by atoms with E-state index in [1.807, 2.05) is 0 Å². The van der Waals surface area contributed by atoms with E-state index in [1.54, 1.807) is 6.92 Å². The number of hydrogen-bond acceptors (Lipinski definition) is 3. The van der Waals surface area contributed by atoms with Gasteiger partial charge in [-0.05, 0) is 19.8 Å². The van der Waals surface area contributed by atoms with Crippen molar-refractivity contribution in [2.75, 3.05) is 19.6 Å². The number of Topliss-reactive ketones (excluding diaryl/α,β-unsaturated/α-hetero) is 1. The molecule has 11 heavy (non-hydrogen) atoms. The van der Waals surface area contributed by atoms with E-state index in [4.69, 9.17) is 5.73 Å². The molecule has 0 radical (unpaired) electrons. The highest BCUT2D eigenvalue weighted by Gasteiger charge is 2.16. The molecular weight excluding hydrogens is 140 g/mol. The van der Waals surface area contributed by atoms with Crippen LogP contribution in [-0.2, 0) is 4.79 Å². The molecular formula is C8H16N2O. The molecule has 0 aromatic rings. The Balaban J connectivity index is 2.22. The van der Waals surface area contributed by atoms with Gasteiger partial charge in [-0.1, -0.05) is 0 Å². The molecule has 0 aromatic heterocycles. The van der Waals surface area contributed by atoms with Gasteiger partial charge in [-0.2, -0.15) is 0 Å². The van der Waals surface area contributed by atoms with Crippen LogP contribution in [0.4, 0.5) is 0 Å². The van der Waals surface area contributed by atoms with Crippen molar-refractivity contribution in [2.24, 2.45) is 5.73 Å². The molecule has 0 amide bonds.